The zero-order valence-electron chi connectivity index (χ0n) is 16.2. The summed E-state index contributed by atoms with van der Waals surface area (Å²) in [6, 6.07) is 13.4. The zero-order valence-corrected chi connectivity index (χ0v) is 16.2. The molecule has 1 N–H and O–H groups in total. The lowest BCUT2D eigenvalue weighted by Gasteiger charge is -2.26. The highest BCUT2D eigenvalue weighted by molar-refractivity contribution is 5.94. The highest BCUT2D eigenvalue weighted by Crippen LogP contribution is 2.27. The predicted octanol–water partition coefficient (Wildman–Crippen LogP) is 3.44. The molecule has 0 saturated heterocycles. The van der Waals surface area contributed by atoms with Gasteiger partial charge >= 0.3 is 0 Å². The van der Waals surface area contributed by atoms with Crippen molar-refractivity contribution >= 4 is 5.91 Å². The van der Waals surface area contributed by atoms with Crippen LogP contribution in [0.1, 0.15) is 34.5 Å². The van der Waals surface area contributed by atoms with Gasteiger partial charge in [-0.3, -0.25) is 4.79 Å². The molecule has 0 aromatic heterocycles. The first-order valence-corrected chi connectivity index (χ1v) is 8.78. The Balaban J connectivity index is 2.11. The number of hydrogen-bond acceptors (Lipinski definition) is 4. The summed E-state index contributed by atoms with van der Waals surface area (Å²) in [6.07, 6.45) is 0. The molecule has 5 nitrogen and oxygen atoms in total. The normalized spacial score (nSPS) is 11.9. The summed E-state index contributed by atoms with van der Waals surface area (Å²) in [5, 5.41) is 3.03. The predicted molar refractivity (Wildman–Crippen MR) is 104 cm³/mol. The smallest absolute Gasteiger partial charge is 0.251 e. The summed E-state index contributed by atoms with van der Waals surface area (Å²) < 4.78 is 11.0. The largest absolute Gasteiger partial charge is 0.496 e. The van der Waals surface area contributed by atoms with Crippen molar-refractivity contribution in [2.75, 3.05) is 34.4 Å². The van der Waals surface area contributed by atoms with Gasteiger partial charge in [0.2, 0.25) is 0 Å². The van der Waals surface area contributed by atoms with Gasteiger partial charge in [-0.25, -0.2) is 0 Å². The van der Waals surface area contributed by atoms with E-state index in [9.17, 15) is 4.79 Å². The molecule has 26 heavy (non-hydrogen) atoms. The van der Waals surface area contributed by atoms with Gasteiger partial charge in [0.1, 0.15) is 11.5 Å². The molecule has 0 radical (unpaired) electrons. The fraction of sp³-hybridized carbons (Fsp3) is 0.381. The van der Waals surface area contributed by atoms with Crippen LogP contribution in [0.3, 0.4) is 0 Å². The Morgan fingerprint density at radius 1 is 1.15 bits per heavy atom. The van der Waals surface area contributed by atoms with E-state index in [4.69, 9.17) is 9.47 Å². The number of carbonyl (C=O) groups excluding carboxylic acids is 1. The molecule has 0 fully saturated rings. The molecule has 2 rings (SSSR count). The molecule has 0 aliphatic rings. The lowest BCUT2D eigenvalue weighted by Crippen LogP contribution is -2.34. The topological polar surface area (TPSA) is 50.8 Å². The van der Waals surface area contributed by atoms with Crippen molar-refractivity contribution in [1.82, 2.24) is 10.2 Å². The monoisotopic (exact) mass is 356 g/mol. The van der Waals surface area contributed by atoms with Gasteiger partial charge in [-0.15, -0.1) is 0 Å². The number of amides is 1. The van der Waals surface area contributed by atoms with E-state index in [0.717, 1.165) is 22.6 Å². The van der Waals surface area contributed by atoms with Crippen LogP contribution in [-0.2, 0) is 0 Å². The molecule has 0 spiro atoms. The fourth-order valence-corrected chi connectivity index (χ4v) is 2.91. The van der Waals surface area contributed by atoms with Crippen LogP contribution in [0.5, 0.6) is 11.5 Å². The van der Waals surface area contributed by atoms with E-state index in [1.165, 1.54) is 0 Å². The number of methoxy groups -OCH3 is 1. The summed E-state index contributed by atoms with van der Waals surface area (Å²) in [6.45, 7) is 4.98. The first kappa shape index (κ1) is 19.8. The summed E-state index contributed by atoms with van der Waals surface area (Å²) in [5.41, 5.74) is 2.63. The Hall–Kier alpha value is -2.53. The lowest BCUT2D eigenvalue weighted by molar-refractivity contribution is 0.0941. The Kier molecular flexibility index (Phi) is 7.04. The van der Waals surface area contributed by atoms with Gasteiger partial charge < -0.3 is 19.7 Å². The summed E-state index contributed by atoms with van der Waals surface area (Å²) in [4.78, 5) is 14.6. The number of hydrogen-bond donors (Lipinski definition) is 1. The number of ether oxygens (including phenoxy) is 2. The van der Waals surface area contributed by atoms with E-state index in [-0.39, 0.29) is 11.9 Å². The molecule has 140 valence electrons. The van der Waals surface area contributed by atoms with Crippen LogP contribution in [0.25, 0.3) is 0 Å². The van der Waals surface area contributed by atoms with Crippen LogP contribution < -0.4 is 14.8 Å². The van der Waals surface area contributed by atoms with Gasteiger partial charge in [-0.1, -0.05) is 18.2 Å². The minimum atomic E-state index is -0.0992. The van der Waals surface area contributed by atoms with Gasteiger partial charge in [0.05, 0.1) is 19.8 Å². The second-order valence-electron chi connectivity index (χ2n) is 6.34. The summed E-state index contributed by atoms with van der Waals surface area (Å²) in [7, 11) is 5.64. The standard InChI is InChI=1S/C21H28N2O3/c1-6-26-19-12-11-16(13-15(19)2)21(24)22-14-18(23(3)4)17-9-7-8-10-20(17)25-5/h7-13,18H,6,14H2,1-5H3,(H,22,24). The molecule has 0 heterocycles. The van der Waals surface area contributed by atoms with Crippen molar-refractivity contribution < 1.29 is 14.3 Å². The molecule has 0 aliphatic carbocycles. The summed E-state index contributed by atoms with van der Waals surface area (Å²) in [5.74, 6) is 1.53. The number of likely N-dealkylation sites (N-methyl/N-ethyl adjacent to an activating group) is 1. The number of nitrogens with zero attached hydrogens (tertiary/aromatic N) is 1. The molecule has 5 heteroatoms. The van der Waals surface area contributed by atoms with E-state index >= 15 is 0 Å². The van der Waals surface area contributed by atoms with Gasteiger partial charge in [-0.2, -0.15) is 0 Å². The maximum atomic E-state index is 12.6. The molecule has 1 atom stereocenters. The lowest BCUT2D eigenvalue weighted by atomic mass is 10.0. The Labute approximate surface area is 155 Å². The highest BCUT2D eigenvalue weighted by Gasteiger charge is 2.19. The molecule has 2 aromatic rings. The molecule has 0 bridgehead atoms. The zero-order chi connectivity index (χ0) is 19.1. The molecular formula is C21H28N2O3. The third-order valence-corrected chi connectivity index (χ3v) is 4.31. The van der Waals surface area contributed by atoms with Crippen molar-refractivity contribution in [2.45, 2.75) is 19.9 Å². The number of benzene rings is 2. The summed E-state index contributed by atoms with van der Waals surface area (Å²) >= 11 is 0. The van der Waals surface area contributed by atoms with Crippen molar-refractivity contribution in [3.8, 4) is 11.5 Å². The van der Waals surface area contributed by atoms with Crippen molar-refractivity contribution in [3.05, 3.63) is 59.2 Å². The van der Waals surface area contributed by atoms with Crippen LogP contribution in [0.2, 0.25) is 0 Å². The average molecular weight is 356 g/mol. The van der Waals surface area contributed by atoms with Crippen LogP contribution >= 0.6 is 0 Å². The highest BCUT2D eigenvalue weighted by atomic mass is 16.5. The van der Waals surface area contributed by atoms with Crippen molar-refractivity contribution in [3.63, 3.8) is 0 Å². The van der Waals surface area contributed by atoms with E-state index in [1.807, 2.05) is 64.3 Å². The number of nitrogens with one attached hydrogen (secondary N) is 1. The minimum Gasteiger partial charge on any atom is -0.496 e. The second-order valence-corrected chi connectivity index (χ2v) is 6.34. The van der Waals surface area contributed by atoms with E-state index in [1.54, 1.807) is 13.2 Å². The van der Waals surface area contributed by atoms with E-state index < -0.39 is 0 Å². The molecular weight excluding hydrogens is 328 g/mol. The SMILES string of the molecule is CCOc1ccc(C(=O)NCC(c2ccccc2OC)N(C)C)cc1C. The van der Waals surface area contributed by atoms with E-state index in [0.29, 0.717) is 18.7 Å². The quantitative estimate of drug-likeness (QED) is 0.787. The Morgan fingerprint density at radius 2 is 1.88 bits per heavy atom. The second kappa shape index (κ2) is 9.25. The number of carbonyl (C=O) groups is 1. The number of aryl methyl sites for hydroxylation is 1. The molecule has 1 unspecified atom stereocenters. The van der Waals surface area contributed by atoms with Crippen LogP contribution in [0, 0.1) is 6.92 Å². The first-order valence-electron chi connectivity index (χ1n) is 8.78. The van der Waals surface area contributed by atoms with Crippen LogP contribution in [0.4, 0.5) is 0 Å². The third-order valence-electron chi connectivity index (χ3n) is 4.31. The van der Waals surface area contributed by atoms with Crippen LogP contribution in [0.15, 0.2) is 42.5 Å². The maximum absolute atomic E-state index is 12.6. The fourth-order valence-electron chi connectivity index (χ4n) is 2.91. The number of para-hydroxylation sites is 1. The van der Waals surface area contributed by atoms with Crippen molar-refractivity contribution in [2.24, 2.45) is 0 Å². The minimum absolute atomic E-state index is 0.0129. The van der Waals surface area contributed by atoms with E-state index in [2.05, 4.69) is 10.2 Å². The molecule has 2 aromatic carbocycles. The average Bonchev–Trinajstić information content (AvgIpc) is 2.63. The van der Waals surface area contributed by atoms with Gasteiger partial charge in [-0.05, 0) is 57.8 Å². The van der Waals surface area contributed by atoms with Gasteiger partial charge in [0.25, 0.3) is 5.91 Å². The van der Waals surface area contributed by atoms with Gasteiger partial charge in [0.15, 0.2) is 0 Å². The third kappa shape index (κ3) is 4.76. The molecule has 0 aliphatic heterocycles. The number of rotatable bonds is 8. The molecule has 1 amide bonds. The van der Waals surface area contributed by atoms with Crippen LogP contribution in [-0.4, -0.2) is 45.2 Å². The van der Waals surface area contributed by atoms with Crippen molar-refractivity contribution in [1.29, 1.82) is 0 Å². The maximum Gasteiger partial charge on any atom is 0.251 e. The Bertz CT molecular complexity index is 744. The Morgan fingerprint density at radius 3 is 2.50 bits per heavy atom. The molecule has 0 saturated carbocycles. The first-order chi connectivity index (χ1) is 12.5. The van der Waals surface area contributed by atoms with Gasteiger partial charge in [0, 0.05) is 17.7 Å².